The van der Waals surface area contributed by atoms with E-state index in [1.165, 1.54) is 16.1 Å². The van der Waals surface area contributed by atoms with Gasteiger partial charge in [-0.3, -0.25) is 4.79 Å². The Kier molecular flexibility index (Phi) is 5.67. The number of thioether (sulfide) groups is 1. The van der Waals surface area contributed by atoms with Gasteiger partial charge in [0, 0.05) is 32.2 Å². The molecule has 1 saturated heterocycles. The van der Waals surface area contributed by atoms with Gasteiger partial charge in [0.2, 0.25) is 15.9 Å². The van der Waals surface area contributed by atoms with Crippen LogP contribution in [0, 0.1) is 13.8 Å². The fourth-order valence-electron chi connectivity index (χ4n) is 3.51. The van der Waals surface area contributed by atoms with Gasteiger partial charge in [-0.2, -0.15) is 4.31 Å². The summed E-state index contributed by atoms with van der Waals surface area (Å²) in [6, 6.07) is 0.462. The Bertz CT molecular complexity index is 978. The van der Waals surface area contributed by atoms with E-state index in [0.717, 1.165) is 18.0 Å². The van der Waals surface area contributed by atoms with E-state index in [2.05, 4.69) is 15.4 Å². The number of hydrogen-bond donors (Lipinski definition) is 0. The van der Waals surface area contributed by atoms with Crippen LogP contribution in [0.2, 0.25) is 0 Å². The summed E-state index contributed by atoms with van der Waals surface area (Å²) in [4.78, 5) is 14.6. The van der Waals surface area contributed by atoms with Crippen LogP contribution in [0.5, 0.6) is 0 Å². The molecule has 2 aromatic heterocycles. The predicted molar refractivity (Wildman–Crippen MR) is 105 cm³/mol. The molecule has 0 aromatic carbocycles. The summed E-state index contributed by atoms with van der Waals surface area (Å²) in [5, 5.41) is 12.6. The fourth-order valence-corrected chi connectivity index (χ4v) is 6.16. The maximum Gasteiger partial charge on any atom is 0.248 e. The summed E-state index contributed by atoms with van der Waals surface area (Å²) in [6.45, 7) is 4.72. The highest BCUT2D eigenvalue weighted by Crippen LogP contribution is 2.37. The highest BCUT2D eigenvalue weighted by molar-refractivity contribution is 7.99. The molecule has 10 nitrogen and oxygen atoms in total. The first-order valence-electron chi connectivity index (χ1n) is 9.61. The van der Waals surface area contributed by atoms with E-state index in [0.29, 0.717) is 37.8 Å². The van der Waals surface area contributed by atoms with Crippen LogP contribution in [0.15, 0.2) is 20.9 Å². The van der Waals surface area contributed by atoms with Crippen molar-refractivity contribution < 1.29 is 17.7 Å². The van der Waals surface area contributed by atoms with Crippen LogP contribution in [0.4, 0.5) is 0 Å². The highest BCUT2D eigenvalue weighted by Gasteiger charge is 2.33. The number of carbonyl (C=O) groups excluding carboxylic acids is 1. The third kappa shape index (κ3) is 4.19. The normalized spacial score (nSPS) is 18.8. The molecule has 1 aliphatic carbocycles. The van der Waals surface area contributed by atoms with Crippen LogP contribution in [0.25, 0.3) is 0 Å². The summed E-state index contributed by atoms with van der Waals surface area (Å²) >= 11 is 1.38. The molecule has 158 valence electrons. The number of hydrogen-bond acceptors (Lipinski definition) is 8. The fraction of sp³-hybridized carbons (Fsp3) is 0.647. The van der Waals surface area contributed by atoms with Crippen LogP contribution in [-0.2, 0) is 14.8 Å². The molecule has 2 fully saturated rings. The van der Waals surface area contributed by atoms with Crippen molar-refractivity contribution in [2.75, 3.05) is 31.9 Å². The number of aryl methyl sites for hydroxylation is 2. The standard InChI is InChI=1S/C17H24N6O4S2/c1-12-16(13(2)27-20-12)29(25,26)22-7-3-6-21(8-9-22)15(24)10-28-17-19-18-11-23(17)14-4-5-14/h11,14H,3-10H2,1-2H3. The van der Waals surface area contributed by atoms with Gasteiger partial charge in [0.25, 0.3) is 0 Å². The zero-order valence-electron chi connectivity index (χ0n) is 16.4. The molecule has 0 bridgehead atoms. The number of amides is 1. The lowest BCUT2D eigenvalue weighted by molar-refractivity contribution is -0.128. The quantitative estimate of drug-likeness (QED) is 0.616. The Hall–Kier alpha value is -1.92. The number of nitrogens with zero attached hydrogens (tertiary/aromatic N) is 6. The average Bonchev–Trinajstić information content (AvgIpc) is 3.39. The van der Waals surface area contributed by atoms with Gasteiger partial charge in [-0.25, -0.2) is 8.42 Å². The van der Waals surface area contributed by atoms with Crippen molar-refractivity contribution in [3.8, 4) is 0 Å². The Labute approximate surface area is 173 Å². The maximum absolute atomic E-state index is 13.0. The lowest BCUT2D eigenvalue weighted by atomic mass is 10.4. The van der Waals surface area contributed by atoms with Crippen LogP contribution < -0.4 is 0 Å². The van der Waals surface area contributed by atoms with Gasteiger partial charge in [-0.1, -0.05) is 16.9 Å². The molecule has 4 rings (SSSR count). The van der Waals surface area contributed by atoms with Crippen LogP contribution in [0.3, 0.4) is 0 Å². The van der Waals surface area contributed by atoms with E-state index in [4.69, 9.17) is 4.52 Å². The summed E-state index contributed by atoms with van der Waals surface area (Å²) < 4.78 is 34.5. The van der Waals surface area contributed by atoms with E-state index >= 15 is 0 Å². The van der Waals surface area contributed by atoms with Crippen molar-refractivity contribution in [1.82, 2.24) is 29.1 Å². The van der Waals surface area contributed by atoms with Gasteiger partial charge in [0.1, 0.15) is 16.9 Å². The molecule has 1 saturated carbocycles. The molecule has 0 unspecified atom stereocenters. The van der Waals surface area contributed by atoms with Gasteiger partial charge < -0.3 is 14.0 Å². The first-order valence-corrected chi connectivity index (χ1v) is 12.0. The summed E-state index contributed by atoms with van der Waals surface area (Å²) in [7, 11) is -3.70. The molecule has 1 aliphatic heterocycles. The SMILES string of the molecule is Cc1noc(C)c1S(=O)(=O)N1CCCN(C(=O)CSc2nncn2C2CC2)CC1. The Morgan fingerprint density at radius 3 is 2.72 bits per heavy atom. The second kappa shape index (κ2) is 8.07. The molecule has 2 aromatic rings. The molecule has 0 spiro atoms. The third-order valence-electron chi connectivity index (χ3n) is 5.18. The van der Waals surface area contributed by atoms with Gasteiger partial charge in [0.05, 0.1) is 5.75 Å². The summed E-state index contributed by atoms with van der Waals surface area (Å²) in [5.74, 6) is 0.537. The van der Waals surface area contributed by atoms with Crippen LogP contribution in [-0.4, -0.2) is 75.4 Å². The largest absolute Gasteiger partial charge is 0.360 e. The van der Waals surface area contributed by atoms with Crippen molar-refractivity contribution in [2.24, 2.45) is 0 Å². The van der Waals surface area contributed by atoms with Gasteiger partial charge in [0.15, 0.2) is 10.9 Å². The van der Waals surface area contributed by atoms with Gasteiger partial charge in [-0.15, -0.1) is 10.2 Å². The van der Waals surface area contributed by atoms with Crippen molar-refractivity contribution in [3.63, 3.8) is 0 Å². The zero-order chi connectivity index (χ0) is 20.6. The van der Waals surface area contributed by atoms with E-state index in [1.807, 2.05) is 4.57 Å². The monoisotopic (exact) mass is 440 g/mol. The molecule has 2 aliphatic rings. The molecular weight excluding hydrogens is 416 g/mol. The number of sulfonamides is 1. The summed E-state index contributed by atoms with van der Waals surface area (Å²) in [6.07, 6.45) is 4.55. The molecular formula is C17H24N6O4S2. The average molecular weight is 441 g/mol. The molecule has 29 heavy (non-hydrogen) atoms. The third-order valence-corrected chi connectivity index (χ3v) is 8.26. The van der Waals surface area contributed by atoms with Crippen LogP contribution >= 0.6 is 11.8 Å². The molecule has 0 radical (unpaired) electrons. The van der Waals surface area contributed by atoms with Crippen molar-refractivity contribution >= 4 is 27.7 Å². The Morgan fingerprint density at radius 1 is 1.24 bits per heavy atom. The van der Waals surface area contributed by atoms with Crippen molar-refractivity contribution in [3.05, 3.63) is 17.8 Å². The lowest BCUT2D eigenvalue weighted by Gasteiger charge is -2.21. The number of aromatic nitrogens is 4. The predicted octanol–water partition coefficient (Wildman–Crippen LogP) is 1.23. The summed E-state index contributed by atoms with van der Waals surface area (Å²) in [5.41, 5.74) is 0.357. The minimum absolute atomic E-state index is 0.0167. The topological polar surface area (TPSA) is 114 Å². The molecule has 12 heteroatoms. The zero-order valence-corrected chi connectivity index (χ0v) is 18.1. The minimum Gasteiger partial charge on any atom is -0.360 e. The van der Waals surface area contributed by atoms with E-state index in [-0.39, 0.29) is 28.9 Å². The second-order valence-corrected chi connectivity index (χ2v) is 10.1. The van der Waals surface area contributed by atoms with Crippen molar-refractivity contribution in [2.45, 2.75) is 49.2 Å². The lowest BCUT2D eigenvalue weighted by Crippen LogP contribution is -2.38. The maximum atomic E-state index is 13.0. The number of carbonyl (C=O) groups is 1. The van der Waals surface area contributed by atoms with Crippen LogP contribution in [0.1, 0.15) is 36.8 Å². The highest BCUT2D eigenvalue weighted by atomic mass is 32.2. The smallest absolute Gasteiger partial charge is 0.248 e. The Balaban J connectivity index is 1.37. The molecule has 3 heterocycles. The first kappa shape index (κ1) is 20.4. The second-order valence-electron chi connectivity index (χ2n) is 7.33. The van der Waals surface area contributed by atoms with Crippen molar-refractivity contribution in [1.29, 1.82) is 0 Å². The molecule has 1 amide bonds. The number of rotatable bonds is 6. The minimum atomic E-state index is -3.70. The van der Waals surface area contributed by atoms with E-state index < -0.39 is 10.0 Å². The first-order chi connectivity index (χ1) is 13.9. The van der Waals surface area contributed by atoms with E-state index in [9.17, 15) is 13.2 Å². The van der Waals surface area contributed by atoms with Gasteiger partial charge >= 0.3 is 0 Å². The van der Waals surface area contributed by atoms with E-state index in [1.54, 1.807) is 25.1 Å². The Morgan fingerprint density at radius 2 is 2.03 bits per heavy atom. The molecule has 0 N–H and O–H groups in total. The molecule has 0 atom stereocenters. The van der Waals surface area contributed by atoms with Gasteiger partial charge in [-0.05, 0) is 33.1 Å².